The number of benzene rings is 1. The first kappa shape index (κ1) is 14.7. The van der Waals surface area contributed by atoms with Crippen molar-refractivity contribution in [1.82, 2.24) is 15.1 Å². The van der Waals surface area contributed by atoms with Crippen molar-refractivity contribution in [2.45, 2.75) is 6.92 Å². The first-order chi connectivity index (χ1) is 9.60. The molecule has 0 saturated carbocycles. The van der Waals surface area contributed by atoms with Gasteiger partial charge in [-0.25, -0.2) is 4.68 Å². The fraction of sp³-hybridized carbons (Fsp3) is 0.286. The molecule has 1 atom stereocenters. The van der Waals surface area contributed by atoms with Gasteiger partial charge in [0.2, 0.25) is 0 Å². The van der Waals surface area contributed by atoms with Gasteiger partial charge in [-0.15, -0.1) is 0 Å². The van der Waals surface area contributed by atoms with E-state index in [4.69, 9.17) is 5.11 Å². The van der Waals surface area contributed by atoms with E-state index in [1.807, 2.05) is 31.2 Å². The first-order valence-corrected chi connectivity index (χ1v) is 7.09. The third kappa shape index (κ3) is 3.68. The summed E-state index contributed by atoms with van der Waals surface area (Å²) in [6.07, 6.45) is 3.21. The molecule has 5 nitrogen and oxygen atoms in total. The highest BCUT2D eigenvalue weighted by molar-refractivity contribution is 9.10. The van der Waals surface area contributed by atoms with Gasteiger partial charge in [0.1, 0.15) is 0 Å². The van der Waals surface area contributed by atoms with E-state index in [1.165, 1.54) is 6.20 Å². The van der Waals surface area contributed by atoms with Gasteiger partial charge in [0.05, 0.1) is 17.4 Å². The molecule has 0 spiro atoms. The number of hydrogen-bond donors (Lipinski definition) is 2. The lowest BCUT2D eigenvalue weighted by Crippen LogP contribution is -2.29. The number of hydrogen-bond acceptors (Lipinski definition) is 3. The second-order valence-corrected chi connectivity index (χ2v) is 5.56. The molecule has 0 aliphatic rings. The molecule has 106 valence electrons. The lowest BCUT2D eigenvalue weighted by atomic mass is 10.2. The maximum atomic E-state index is 11.9. The predicted octanol–water partition coefficient (Wildman–Crippen LogP) is 1.99. The quantitative estimate of drug-likeness (QED) is 0.876. The van der Waals surface area contributed by atoms with Gasteiger partial charge >= 0.3 is 0 Å². The topological polar surface area (TPSA) is 67.2 Å². The first-order valence-electron chi connectivity index (χ1n) is 6.30. The van der Waals surface area contributed by atoms with E-state index in [9.17, 15) is 4.79 Å². The van der Waals surface area contributed by atoms with E-state index < -0.39 is 0 Å². The molecule has 0 radical (unpaired) electrons. The zero-order valence-electron chi connectivity index (χ0n) is 11.1. The lowest BCUT2D eigenvalue weighted by Gasteiger charge is -2.08. The summed E-state index contributed by atoms with van der Waals surface area (Å²) >= 11 is 3.37. The number of aliphatic hydroxyl groups is 1. The number of aliphatic hydroxyl groups excluding tert-OH is 1. The van der Waals surface area contributed by atoms with Crippen LogP contribution in [0.1, 0.15) is 17.3 Å². The number of aromatic nitrogens is 2. The van der Waals surface area contributed by atoms with E-state index >= 15 is 0 Å². The van der Waals surface area contributed by atoms with Crippen molar-refractivity contribution in [2.75, 3.05) is 13.2 Å². The van der Waals surface area contributed by atoms with Crippen LogP contribution in [0.15, 0.2) is 41.1 Å². The van der Waals surface area contributed by atoms with Crippen LogP contribution in [-0.2, 0) is 0 Å². The maximum absolute atomic E-state index is 11.9. The Labute approximate surface area is 125 Å². The molecule has 1 amide bonds. The van der Waals surface area contributed by atoms with Crippen LogP contribution in [0.5, 0.6) is 0 Å². The summed E-state index contributed by atoms with van der Waals surface area (Å²) in [5, 5.41) is 15.9. The molecule has 1 aromatic carbocycles. The average Bonchev–Trinajstić information content (AvgIpc) is 2.95. The highest BCUT2D eigenvalue weighted by Crippen LogP contribution is 2.14. The molecule has 0 bridgehead atoms. The van der Waals surface area contributed by atoms with E-state index in [2.05, 4.69) is 26.3 Å². The number of rotatable bonds is 5. The number of amides is 1. The molecule has 1 aromatic heterocycles. The fourth-order valence-electron chi connectivity index (χ4n) is 1.61. The molecule has 0 aliphatic carbocycles. The summed E-state index contributed by atoms with van der Waals surface area (Å²) in [6, 6.07) is 7.65. The van der Waals surface area contributed by atoms with E-state index in [0.717, 1.165) is 10.2 Å². The number of nitrogens with one attached hydrogen (secondary N) is 1. The van der Waals surface area contributed by atoms with Gasteiger partial charge in [0.25, 0.3) is 5.91 Å². The molecule has 1 heterocycles. The standard InChI is InChI=1S/C14H16BrN3O2/c1-10(9-19)6-16-14(20)11-7-17-18(8-11)13-4-2-12(15)3-5-13/h2-5,7-8,10,19H,6,9H2,1H3,(H,16,20). The normalized spacial score (nSPS) is 12.2. The van der Waals surface area contributed by atoms with Crippen LogP contribution in [0.2, 0.25) is 0 Å². The van der Waals surface area contributed by atoms with Crippen molar-refractivity contribution in [2.24, 2.45) is 5.92 Å². The lowest BCUT2D eigenvalue weighted by molar-refractivity contribution is 0.0942. The Hall–Kier alpha value is -1.66. The molecule has 2 aromatic rings. The van der Waals surface area contributed by atoms with Crippen molar-refractivity contribution in [3.05, 3.63) is 46.7 Å². The molecule has 0 saturated heterocycles. The molecule has 2 N–H and O–H groups in total. The average molecular weight is 338 g/mol. The second-order valence-electron chi connectivity index (χ2n) is 4.65. The predicted molar refractivity (Wildman–Crippen MR) is 79.8 cm³/mol. The largest absolute Gasteiger partial charge is 0.396 e. The van der Waals surface area contributed by atoms with Crippen molar-refractivity contribution < 1.29 is 9.90 Å². The number of halogens is 1. The molecule has 20 heavy (non-hydrogen) atoms. The molecular formula is C14H16BrN3O2. The van der Waals surface area contributed by atoms with E-state index in [-0.39, 0.29) is 18.4 Å². The van der Waals surface area contributed by atoms with E-state index in [0.29, 0.717) is 12.1 Å². The Morgan fingerprint density at radius 2 is 2.15 bits per heavy atom. The molecule has 0 fully saturated rings. The zero-order valence-corrected chi connectivity index (χ0v) is 12.7. The minimum absolute atomic E-state index is 0.0421. The summed E-state index contributed by atoms with van der Waals surface area (Å²) in [5.74, 6) is -0.144. The van der Waals surface area contributed by atoms with Gasteiger partial charge in [0, 0.05) is 23.8 Å². The third-order valence-corrected chi connectivity index (χ3v) is 3.39. The Morgan fingerprint density at radius 3 is 2.80 bits per heavy atom. The Balaban J connectivity index is 2.05. The van der Waals surface area contributed by atoms with Crippen LogP contribution in [0.25, 0.3) is 5.69 Å². The van der Waals surface area contributed by atoms with Crippen LogP contribution in [0, 0.1) is 5.92 Å². The smallest absolute Gasteiger partial charge is 0.254 e. The van der Waals surface area contributed by atoms with Crippen LogP contribution >= 0.6 is 15.9 Å². The molecular weight excluding hydrogens is 322 g/mol. The number of carbonyl (C=O) groups excluding carboxylic acids is 1. The number of nitrogens with zero attached hydrogens (tertiary/aromatic N) is 2. The molecule has 2 rings (SSSR count). The Morgan fingerprint density at radius 1 is 1.45 bits per heavy atom. The van der Waals surface area contributed by atoms with Gasteiger partial charge < -0.3 is 10.4 Å². The Kier molecular flexibility index (Phi) is 4.92. The SMILES string of the molecule is CC(CO)CNC(=O)c1cnn(-c2ccc(Br)cc2)c1. The van der Waals surface area contributed by atoms with Gasteiger partial charge in [-0.2, -0.15) is 5.10 Å². The highest BCUT2D eigenvalue weighted by Gasteiger charge is 2.10. The monoisotopic (exact) mass is 337 g/mol. The van der Waals surface area contributed by atoms with Crippen molar-refractivity contribution in [3.63, 3.8) is 0 Å². The van der Waals surface area contributed by atoms with Crippen LogP contribution < -0.4 is 5.32 Å². The highest BCUT2D eigenvalue weighted by atomic mass is 79.9. The van der Waals surface area contributed by atoms with Gasteiger partial charge in [-0.05, 0) is 30.2 Å². The minimum Gasteiger partial charge on any atom is -0.396 e. The molecule has 0 aliphatic heterocycles. The van der Waals surface area contributed by atoms with Crippen LogP contribution in [0.3, 0.4) is 0 Å². The maximum Gasteiger partial charge on any atom is 0.254 e. The summed E-state index contributed by atoms with van der Waals surface area (Å²) in [6.45, 7) is 2.36. The minimum atomic E-state index is -0.186. The van der Waals surface area contributed by atoms with Crippen molar-refractivity contribution in [1.29, 1.82) is 0 Å². The summed E-state index contributed by atoms with van der Waals surface area (Å²) < 4.78 is 2.64. The van der Waals surface area contributed by atoms with Crippen LogP contribution in [0.4, 0.5) is 0 Å². The summed E-state index contributed by atoms with van der Waals surface area (Å²) in [5.41, 5.74) is 1.38. The Bertz CT molecular complexity index is 580. The van der Waals surface area contributed by atoms with Crippen molar-refractivity contribution >= 4 is 21.8 Å². The third-order valence-electron chi connectivity index (χ3n) is 2.86. The van der Waals surface area contributed by atoms with Gasteiger partial charge in [-0.1, -0.05) is 22.9 Å². The van der Waals surface area contributed by atoms with E-state index in [1.54, 1.807) is 10.9 Å². The number of carbonyl (C=O) groups is 1. The zero-order chi connectivity index (χ0) is 14.5. The second kappa shape index (κ2) is 6.67. The van der Waals surface area contributed by atoms with Crippen molar-refractivity contribution in [3.8, 4) is 5.69 Å². The molecule has 1 unspecified atom stereocenters. The molecule has 6 heteroatoms. The van der Waals surface area contributed by atoms with Crippen LogP contribution in [-0.4, -0.2) is 33.9 Å². The summed E-state index contributed by atoms with van der Waals surface area (Å²) in [7, 11) is 0. The van der Waals surface area contributed by atoms with Gasteiger partial charge in [0.15, 0.2) is 0 Å². The van der Waals surface area contributed by atoms with Gasteiger partial charge in [-0.3, -0.25) is 4.79 Å². The summed E-state index contributed by atoms with van der Waals surface area (Å²) in [4.78, 5) is 11.9. The fourth-order valence-corrected chi connectivity index (χ4v) is 1.87.